The minimum absolute atomic E-state index is 0.0112. The molecule has 1 rings (SSSR count). The first-order valence-electron chi connectivity index (χ1n) is 6.18. The summed E-state index contributed by atoms with van der Waals surface area (Å²) < 4.78 is 10.0. The van der Waals surface area contributed by atoms with E-state index in [0.29, 0.717) is 0 Å². The highest BCUT2D eigenvalue weighted by Gasteiger charge is 2.20. The van der Waals surface area contributed by atoms with Crippen molar-refractivity contribution in [1.82, 2.24) is 0 Å². The van der Waals surface area contributed by atoms with Gasteiger partial charge in [0.05, 0.1) is 18.7 Å². The third kappa shape index (κ3) is 4.82. The van der Waals surface area contributed by atoms with Gasteiger partial charge in [-0.25, -0.2) is 4.79 Å². The second kappa shape index (κ2) is 6.67. The molecule has 1 aromatic carbocycles. The van der Waals surface area contributed by atoms with Gasteiger partial charge in [0.1, 0.15) is 5.60 Å². The number of halogens is 1. The largest absolute Gasteiger partial charge is 0.503 e. The summed E-state index contributed by atoms with van der Waals surface area (Å²) in [6, 6.07) is 2.66. The molecule has 0 unspecified atom stereocenters. The molecule has 0 saturated heterocycles. The Hall–Kier alpha value is -1.95. The Morgan fingerprint density at radius 3 is 2.43 bits per heavy atom. The van der Waals surface area contributed by atoms with Gasteiger partial charge in [0, 0.05) is 5.56 Å². The summed E-state index contributed by atoms with van der Waals surface area (Å²) in [6.45, 7) is 5.13. The SMILES string of the molecule is COc1cc(C(=O)CCl)cc(NC(=O)OC(C)(C)C)c1O. The standard InChI is InChI=1S/C14H18ClNO5/c1-14(2,3)21-13(19)16-9-5-8(10(17)7-15)6-11(20-4)12(9)18/h5-6,18H,7H2,1-4H3,(H,16,19). The normalized spacial score (nSPS) is 10.9. The first kappa shape index (κ1) is 17.1. The number of anilines is 1. The zero-order valence-corrected chi connectivity index (χ0v) is 13.1. The van der Waals surface area contributed by atoms with Crippen LogP contribution in [-0.4, -0.2) is 35.6 Å². The highest BCUT2D eigenvalue weighted by Crippen LogP contribution is 2.36. The third-order valence-corrected chi connectivity index (χ3v) is 2.62. The van der Waals surface area contributed by atoms with E-state index in [4.69, 9.17) is 21.1 Å². The van der Waals surface area contributed by atoms with Crippen LogP contribution >= 0.6 is 11.6 Å². The van der Waals surface area contributed by atoms with Gasteiger partial charge >= 0.3 is 6.09 Å². The minimum Gasteiger partial charge on any atom is -0.503 e. The summed E-state index contributed by atoms with van der Waals surface area (Å²) in [5.74, 6) is -0.825. The molecule has 0 atom stereocenters. The Labute approximate surface area is 128 Å². The lowest BCUT2D eigenvalue weighted by Gasteiger charge is -2.20. The smallest absolute Gasteiger partial charge is 0.412 e. The van der Waals surface area contributed by atoms with Crippen molar-refractivity contribution in [2.75, 3.05) is 18.3 Å². The number of phenolic OH excluding ortho intramolecular Hbond substituents is 1. The van der Waals surface area contributed by atoms with Crippen molar-refractivity contribution in [3.63, 3.8) is 0 Å². The molecule has 0 aliphatic carbocycles. The molecular formula is C14H18ClNO5. The second-order valence-corrected chi connectivity index (χ2v) is 5.53. The highest BCUT2D eigenvalue weighted by molar-refractivity contribution is 6.30. The molecule has 1 aromatic rings. The fourth-order valence-corrected chi connectivity index (χ4v) is 1.66. The van der Waals surface area contributed by atoms with Gasteiger partial charge in [-0.3, -0.25) is 10.1 Å². The monoisotopic (exact) mass is 315 g/mol. The molecule has 21 heavy (non-hydrogen) atoms. The van der Waals surface area contributed by atoms with E-state index in [0.717, 1.165) is 0 Å². The van der Waals surface area contributed by atoms with Crippen molar-refractivity contribution < 1.29 is 24.2 Å². The predicted octanol–water partition coefficient (Wildman–Crippen LogP) is 3.17. The number of alkyl halides is 1. The Morgan fingerprint density at radius 2 is 1.95 bits per heavy atom. The first-order chi connectivity index (χ1) is 9.67. The van der Waals surface area contributed by atoms with Gasteiger partial charge in [-0.1, -0.05) is 0 Å². The van der Waals surface area contributed by atoms with Crippen LogP contribution in [0.4, 0.5) is 10.5 Å². The van der Waals surface area contributed by atoms with E-state index in [1.807, 2.05) is 0 Å². The summed E-state index contributed by atoms with van der Waals surface area (Å²) in [5.41, 5.74) is -0.462. The lowest BCUT2D eigenvalue weighted by molar-refractivity contribution is 0.0635. The molecule has 0 aromatic heterocycles. The maximum absolute atomic E-state index is 11.7. The van der Waals surface area contributed by atoms with Crippen LogP contribution < -0.4 is 10.1 Å². The van der Waals surface area contributed by atoms with Gasteiger partial charge in [0.25, 0.3) is 0 Å². The molecule has 0 heterocycles. The molecule has 0 bridgehead atoms. The topological polar surface area (TPSA) is 84.9 Å². The minimum atomic E-state index is -0.754. The second-order valence-electron chi connectivity index (χ2n) is 5.26. The first-order valence-corrected chi connectivity index (χ1v) is 6.71. The summed E-state index contributed by atoms with van der Waals surface area (Å²) in [7, 11) is 1.33. The van der Waals surface area contributed by atoms with Crippen LogP contribution in [0.1, 0.15) is 31.1 Å². The number of Topliss-reactive ketones (excluding diaryl/α,β-unsaturated/α-hetero) is 1. The number of ether oxygens (including phenoxy) is 2. The van der Waals surface area contributed by atoms with Crippen LogP contribution in [0, 0.1) is 0 Å². The number of rotatable bonds is 4. The van der Waals surface area contributed by atoms with E-state index in [2.05, 4.69) is 5.32 Å². The van der Waals surface area contributed by atoms with Gasteiger partial charge in [-0.15, -0.1) is 11.6 Å². The Bertz CT molecular complexity index is 551. The molecule has 0 spiro atoms. The van der Waals surface area contributed by atoms with E-state index >= 15 is 0 Å². The molecule has 2 N–H and O–H groups in total. The van der Waals surface area contributed by atoms with Crippen molar-refractivity contribution in [2.24, 2.45) is 0 Å². The molecule has 0 radical (unpaired) electrons. The average Bonchev–Trinajstić information content (AvgIpc) is 2.37. The zero-order valence-electron chi connectivity index (χ0n) is 12.3. The molecule has 0 fully saturated rings. The quantitative estimate of drug-likeness (QED) is 0.506. The number of amides is 1. The van der Waals surface area contributed by atoms with Crippen molar-refractivity contribution in [3.8, 4) is 11.5 Å². The summed E-state index contributed by atoms with van der Waals surface area (Å²) in [4.78, 5) is 23.4. The number of benzene rings is 1. The van der Waals surface area contributed by atoms with Gasteiger partial charge in [0.15, 0.2) is 17.3 Å². The molecule has 0 aliphatic heterocycles. The van der Waals surface area contributed by atoms with Gasteiger partial charge in [0.2, 0.25) is 0 Å². The van der Waals surface area contributed by atoms with E-state index in [-0.39, 0.29) is 34.4 Å². The number of hydrogen-bond acceptors (Lipinski definition) is 5. The average molecular weight is 316 g/mol. The third-order valence-electron chi connectivity index (χ3n) is 2.37. The Balaban J connectivity index is 3.10. The van der Waals surface area contributed by atoms with E-state index in [1.54, 1.807) is 20.8 Å². The van der Waals surface area contributed by atoms with Crippen LogP contribution in [0.3, 0.4) is 0 Å². The predicted molar refractivity (Wildman–Crippen MR) is 79.6 cm³/mol. The van der Waals surface area contributed by atoms with E-state index in [1.165, 1.54) is 19.2 Å². The Kier molecular flexibility index (Phi) is 5.43. The van der Waals surface area contributed by atoms with Gasteiger partial charge in [-0.05, 0) is 32.9 Å². The highest BCUT2D eigenvalue weighted by atomic mass is 35.5. The number of ketones is 1. The zero-order chi connectivity index (χ0) is 16.2. The van der Waals surface area contributed by atoms with Crippen LogP contribution in [-0.2, 0) is 4.74 Å². The van der Waals surface area contributed by atoms with Crippen LogP contribution in [0.5, 0.6) is 11.5 Å². The summed E-state index contributed by atoms with van der Waals surface area (Å²) >= 11 is 5.50. The molecular weight excluding hydrogens is 298 g/mol. The maximum Gasteiger partial charge on any atom is 0.412 e. The fraction of sp³-hybridized carbons (Fsp3) is 0.429. The van der Waals surface area contributed by atoms with Crippen LogP contribution in [0.25, 0.3) is 0 Å². The van der Waals surface area contributed by atoms with Crippen molar-refractivity contribution in [2.45, 2.75) is 26.4 Å². The van der Waals surface area contributed by atoms with Crippen LogP contribution in [0.15, 0.2) is 12.1 Å². The molecule has 0 aliphatic rings. The molecule has 7 heteroatoms. The van der Waals surface area contributed by atoms with Gasteiger partial charge in [-0.2, -0.15) is 0 Å². The molecule has 116 valence electrons. The number of hydrogen-bond donors (Lipinski definition) is 2. The molecule has 1 amide bonds. The van der Waals surface area contributed by atoms with E-state index in [9.17, 15) is 14.7 Å². The van der Waals surface area contributed by atoms with Crippen molar-refractivity contribution in [1.29, 1.82) is 0 Å². The number of carbonyl (C=O) groups excluding carboxylic acids is 2. The van der Waals surface area contributed by atoms with Gasteiger partial charge < -0.3 is 14.6 Å². The lowest BCUT2D eigenvalue weighted by Crippen LogP contribution is -2.27. The number of methoxy groups -OCH3 is 1. The Morgan fingerprint density at radius 1 is 1.33 bits per heavy atom. The number of nitrogens with one attached hydrogen (secondary N) is 1. The fourth-order valence-electron chi connectivity index (χ4n) is 1.51. The van der Waals surface area contributed by atoms with Crippen molar-refractivity contribution in [3.05, 3.63) is 17.7 Å². The molecule has 0 saturated carbocycles. The van der Waals surface area contributed by atoms with Crippen molar-refractivity contribution >= 4 is 29.2 Å². The summed E-state index contributed by atoms with van der Waals surface area (Å²) in [5, 5.41) is 12.3. The maximum atomic E-state index is 11.7. The number of carbonyl (C=O) groups is 2. The van der Waals surface area contributed by atoms with Crippen LogP contribution in [0.2, 0.25) is 0 Å². The number of aromatic hydroxyl groups is 1. The summed E-state index contributed by atoms with van der Waals surface area (Å²) in [6.07, 6.45) is -0.754. The lowest BCUT2D eigenvalue weighted by atomic mass is 10.1. The van der Waals surface area contributed by atoms with E-state index < -0.39 is 11.7 Å². The number of phenols is 1. The molecule has 6 nitrogen and oxygen atoms in total.